The highest BCUT2D eigenvalue weighted by atomic mass is 19.4. The number of likely N-dealkylation sites (tertiary alicyclic amines) is 1. The summed E-state index contributed by atoms with van der Waals surface area (Å²) in [5.41, 5.74) is 1.20. The zero-order chi connectivity index (χ0) is 21.9. The Labute approximate surface area is 169 Å². The molecule has 0 aliphatic carbocycles. The summed E-state index contributed by atoms with van der Waals surface area (Å²) in [6.45, 7) is 0.298. The van der Waals surface area contributed by atoms with E-state index in [-0.39, 0.29) is 25.3 Å². The predicted molar refractivity (Wildman–Crippen MR) is 98.9 cm³/mol. The zero-order valence-electron chi connectivity index (χ0n) is 16.0. The Morgan fingerprint density at radius 3 is 2.57 bits per heavy atom. The van der Waals surface area contributed by atoms with Gasteiger partial charge in [0.1, 0.15) is 6.54 Å². The van der Waals surface area contributed by atoms with Crippen molar-refractivity contribution >= 4 is 23.5 Å². The second-order valence-corrected chi connectivity index (χ2v) is 6.69. The smallest absolute Gasteiger partial charge is 0.406 e. The van der Waals surface area contributed by atoms with E-state index in [0.29, 0.717) is 16.3 Å². The molecule has 0 spiro atoms. The minimum absolute atomic E-state index is 0.156. The molecule has 1 fully saturated rings. The topological polar surface area (TPSA) is 93.5 Å². The van der Waals surface area contributed by atoms with Crippen LogP contribution in [0.5, 0.6) is 0 Å². The summed E-state index contributed by atoms with van der Waals surface area (Å²) >= 11 is 0. The number of nitrogens with one attached hydrogen (secondary N) is 1. The van der Waals surface area contributed by atoms with Crippen molar-refractivity contribution in [2.45, 2.75) is 19.5 Å². The van der Waals surface area contributed by atoms with E-state index in [1.54, 1.807) is 37.4 Å². The predicted octanol–water partition coefficient (Wildman–Crippen LogP) is 2.40. The third kappa shape index (κ3) is 5.16. The molecule has 0 saturated carbocycles. The van der Waals surface area contributed by atoms with E-state index in [4.69, 9.17) is 4.74 Å². The first-order chi connectivity index (χ1) is 14.2. The van der Waals surface area contributed by atoms with E-state index < -0.39 is 36.4 Å². The van der Waals surface area contributed by atoms with Crippen LogP contribution in [-0.4, -0.2) is 58.3 Å². The molecule has 2 heterocycles. The van der Waals surface area contributed by atoms with Crippen LogP contribution in [0.3, 0.4) is 0 Å². The molecule has 0 radical (unpaired) electrons. The van der Waals surface area contributed by atoms with Gasteiger partial charge >= 0.3 is 12.1 Å². The highest BCUT2D eigenvalue weighted by Crippen LogP contribution is 2.25. The maximum atomic E-state index is 12.5. The number of hydrogen-bond donors (Lipinski definition) is 1. The highest BCUT2D eigenvalue weighted by Gasteiger charge is 2.40. The zero-order valence-corrected chi connectivity index (χ0v) is 16.0. The molecule has 11 heteroatoms. The fraction of sp³-hybridized carbons (Fsp3) is 0.368. The van der Waals surface area contributed by atoms with Gasteiger partial charge < -0.3 is 15.0 Å². The molecule has 160 valence electrons. The SMILES string of the molecule is CCOC(=O)c1ccn(-c2ccc(NC(=O)C3CC(=O)N(CC(F)(F)F)C3)cc2)n1. The Morgan fingerprint density at radius 2 is 1.93 bits per heavy atom. The monoisotopic (exact) mass is 424 g/mol. The minimum Gasteiger partial charge on any atom is -0.461 e. The van der Waals surface area contributed by atoms with E-state index in [0.717, 1.165) is 0 Å². The van der Waals surface area contributed by atoms with Crippen LogP contribution in [0.4, 0.5) is 18.9 Å². The van der Waals surface area contributed by atoms with Crippen LogP contribution >= 0.6 is 0 Å². The second kappa shape index (κ2) is 8.56. The molecular formula is C19H19F3N4O4. The van der Waals surface area contributed by atoms with Gasteiger partial charge in [0, 0.05) is 24.8 Å². The number of carbonyl (C=O) groups is 3. The molecule has 1 aromatic heterocycles. The van der Waals surface area contributed by atoms with Crippen molar-refractivity contribution in [2.75, 3.05) is 25.0 Å². The summed E-state index contributed by atoms with van der Waals surface area (Å²) in [6, 6.07) is 7.98. The van der Waals surface area contributed by atoms with Gasteiger partial charge in [0.05, 0.1) is 18.2 Å². The van der Waals surface area contributed by atoms with E-state index in [1.165, 1.54) is 10.7 Å². The lowest BCUT2D eigenvalue weighted by molar-refractivity contribution is -0.157. The molecule has 2 amide bonds. The molecule has 2 aromatic rings. The van der Waals surface area contributed by atoms with Crippen molar-refractivity contribution in [1.29, 1.82) is 0 Å². The quantitative estimate of drug-likeness (QED) is 0.719. The Morgan fingerprint density at radius 1 is 1.23 bits per heavy atom. The van der Waals surface area contributed by atoms with Gasteiger partial charge in [-0.15, -0.1) is 0 Å². The van der Waals surface area contributed by atoms with Crippen LogP contribution in [0.25, 0.3) is 5.69 Å². The van der Waals surface area contributed by atoms with Gasteiger partial charge in [-0.1, -0.05) is 0 Å². The number of alkyl halides is 3. The number of hydrogen-bond acceptors (Lipinski definition) is 5. The van der Waals surface area contributed by atoms with Crippen molar-refractivity contribution < 1.29 is 32.3 Å². The molecule has 1 aliphatic heterocycles. The summed E-state index contributed by atoms with van der Waals surface area (Å²) in [4.78, 5) is 36.4. The standard InChI is InChI=1S/C19H19F3N4O4/c1-2-30-18(29)15-7-8-26(24-15)14-5-3-13(4-6-14)23-17(28)12-9-16(27)25(10-12)11-19(20,21)22/h3-8,12H,2,9-11H2,1H3,(H,23,28). The van der Waals surface area contributed by atoms with Crippen LogP contribution in [0.1, 0.15) is 23.8 Å². The van der Waals surface area contributed by atoms with Crippen molar-refractivity contribution in [3.8, 4) is 5.69 Å². The number of anilines is 1. The number of nitrogens with zero attached hydrogens (tertiary/aromatic N) is 3. The summed E-state index contributed by atoms with van der Waals surface area (Å²) in [5, 5.41) is 6.72. The maximum absolute atomic E-state index is 12.5. The third-order valence-electron chi connectivity index (χ3n) is 4.43. The number of rotatable bonds is 6. The first-order valence-electron chi connectivity index (χ1n) is 9.15. The number of halogens is 3. The van der Waals surface area contributed by atoms with Gasteiger partial charge in [-0.3, -0.25) is 9.59 Å². The third-order valence-corrected chi connectivity index (χ3v) is 4.43. The van der Waals surface area contributed by atoms with Gasteiger partial charge in [-0.05, 0) is 37.3 Å². The fourth-order valence-corrected chi connectivity index (χ4v) is 3.04. The number of esters is 1. The molecule has 8 nitrogen and oxygen atoms in total. The van der Waals surface area contributed by atoms with Crippen LogP contribution in [-0.2, 0) is 14.3 Å². The summed E-state index contributed by atoms with van der Waals surface area (Å²) in [6.07, 6.45) is -3.18. The second-order valence-electron chi connectivity index (χ2n) is 6.69. The molecule has 1 aliphatic rings. The fourth-order valence-electron chi connectivity index (χ4n) is 3.04. The Kier molecular flexibility index (Phi) is 6.09. The van der Waals surface area contributed by atoms with Gasteiger partial charge in [0.25, 0.3) is 0 Å². The first kappa shape index (κ1) is 21.3. The lowest BCUT2D eigenvalue weighted by Crippen LogP contribution is -2.36. The Hall–Kier alpha value is -3.37. The highest BCUT2D eigenvalue weighted by molar-refractivity contribution is 5.97. The van der Waals surface area contributed by atoms with E-state index in [2.05, 4.69) is 10.4 Å². The van der Waals surface area contributed by atoms with Crippen molar-refractivity contribution in [1.82, 2.24) is 14.7 Å². The number of ether oxygens (including phenoxy) is 1. The first-order valence-corrected chi connectivity index (χ1v) is 9.15. The number of benzene rings is 1. The molecule has 3 rings (SSSR count). The average Bonchev–Trinajstić information content (AvgIpc) is 3.29. The molecule has 30 heavy (non-hydrogen) atoms. The van der Waals surface area contributed by atoms with E-state index in [1.807, 2.05) is 0 Å². The molecule has 1 N–H and O–H groups in total. The average molecular weight is 424 g/mol. The largest absolute Gasteiger partial charge is 0.461 e. The summed E-state index contributed by atoms with van der Waals surface area (Å²) in [7, 11) is 0. The van der Waals surface area contributed by atoms with Gasteiger partial charge in [-0.25, -0.2) is 9.48 Å². The molecule has 1 atom stereocenters. The van der Waals surface area contributed by atoms with Gasteiger partial charge in [0.2, 0.25) is 11.8 Å². The van der Waals surface area contributed by atoms with Gasteiger partial charge in [-0.2, -0.15) is 18.3 Å². The molecule has 0 bridgehead atoms. The van der Waals surface area contributed by atoms with Gasteiger partial charge in [0.15, 0.2) is 5.69 Å². The lowest BCUT2D eigenvalue weighted by atomic mass is 10.1. The number of aromatic nitrogens is 2. The van der Waals surface area contributed by atoms with Crippen LogP contribution in [0.15, 0.2) is 36.5 Å². The number of carbonyl (C=O) groups excluding carboxylic acids is 3. The summed E-state index contributed by atoms with van der Waals surface area (Å²) in [5.74, 6) is -2.60. The van der Waals surface area contributed by atoms with Crippen molar-refractivity contribution in [3.05, 3.63) is 42.2 Å². The molecule has 1 aromatic carbocycles. The molecular weight excluding hydrogens is 405 g/mol. The molecule has 1 saturated heterocycles. The van der Waals surface area contributed by atoms with E-state index in [9.17, 15) is 27.6 Å². The summed E-state index contributed by atoms with van der Waals surface area (Å²) < 4.78 is 43.8. The van der Waals surface area contributed by atoms with E-state index >= 15 is 0 Å². The Bertz CT molecular complexity index is 940. The Balaban J connectivity index is 1.60. The number of amides is 2. The normalized spacial score (nSPS) is 16.6. The lowest BCUT2D eigenvalue weighted by Gasteiger charge is -2.18. The van der Waals surface area contributed by atoms with Crippen LogP contribution < -0.4 is 5.32 Å². The van der Waals surface area contributed by atoms with Crippen molar-refractivity contribution in [2.24, 2.45) is 5.92 Å². The van der Waals surface area contributed by atoms with Crippen LogP contribution in [0.2, 0.25) is 0 Å². The minimum atomic E-state index is -4.50. The van der Waals surface area contributed by atoms with Crippen molar-refractivity contribution in [3.63, 3.8) is 0 Å². The van der Waals surface area contributed by atoms with Crippen LogP contribution in [0, 0.1) is 5.92 Å². The molecule has 1 unspecified atom stereocenters. The maximum Gasteiger partial charge on any atom is 0.406 e.